The molecule has 1 aromatic heterocycles. The quantitative estimate of drug-likeness (QED) is 0.349. The molecule has 0 radical (unpaired) electrons. The second kappa shape index (κ2) is 12.2. The number of halogens is 1. The summed E-state index contributed by atoms with van der Waals surface area (Å²) in [7, 11) is 3.65. The molecular weight excluding hydrogens is 513 g/mol. The van der Waals surface area contributed by atoms with E-state index in [1.54, 1.807) is 24.1 Å². The third-order valence-corrected chi connectivity index (χ3v) is 8.10. The lowest BCUT2D eigenvalue weighted by Gasteiger charge is -2.40. The van der Waals surface area contributed by atoms with Gasteiger partial charge in [-0.05, 0) is 44.6 Å². The molecule has 0 spiro atoms. The number of aromatic nitrogens is 2. The van der Waals surface area contributed by atoms with Gasteiger partial charge in [-0.2, -0.15) is 9.97 Å². The van der Waals surface area contributed by atoms with Crippen molar-refractivity contribution in [1.29, 1.82) is 0 Å². The number of carbonyl (C=O) groups excluding carboxylic acids is 1. The molecule has 2 saturated heterocycles. The maximum atomic E-state index is 14.7. The van der Waals surface area contributed by atoms with Crippen molar-refractivity contribution in [3.05, 3.63) is 64.9 Å². The molecule has 1 amide bonds. The molecule has 0 aliphatic carbocycles. The summed E-state index contributed by atoms with van der Waals surface area (Å²) in [6.45, 7) is 15.7. The highest BCUT2D eigenvalue weighted by Crippen LogP contribution is 2.35. The fourth-order valence-electron chi connectivity index (χ4n) is 5.90. The van der Waals surface area contributed by atoms with Gasteiger partial charge in [0, 0.05) is 56.4 Å². The molecule has 0 bridgehead atoms. The molecule has 11 heteroatoms. The van der Waals surface area contributed by atoms with Gasteiger partial charge in [0.25, 0.3) is 0 Å². The van der Waals surface area contributed by atoms with Crippen molar-refractivity contribution >= 4 is 11.7 Å². The van der Waals surface area contributed by atoms with Gasteiger partial charge in [-0.15, -0.1) is 0 Å². The SMILES string of the molecule is [C-]#[N+]C[C@H]1CN(c2nc(OC[C@@H]3CCCN3C)nc3c2CN(Cc2c(F)cccc2OC)C3)CCN1C(=O)C=C. The first-order valence-corrected chi connectivity index (χ1v) is 13.7. The van der Waals surface area contributed by atoms with E-state index in [0.717, 1.165) is 36.5 Å². The number of benzene rings is 1. The topological polar surface area (TPSA) is 78.6 Å². The predicted octanol–water partition coefficient (Wildman–Crippen LogP) is 2.74. The number of hydrogen-bond acceptors (Lipinski definition) is 8. The van der Waals surface area contributed by atoms with E-state index in [2.05, 4.69) is 33.2 Å². The van der Waals surface area contributed by atoms with Crippen molar-refractivity contribution < 1.29 is 18.7 Å². The van der Waals surface area contributed by atoms with Crippen LogP contribution in [0.25, 0.3) is 4.85 Å². The summed E-state index contributed by atoms with van der Waals surface area (Å²) < 4.78 is 26.3. The lowest BCUT2D eigenvalue weighted by Crippen LogP contribution is -2.56. The van der Waals surface area contributed by atoms with Crippen LogP contribution in [0.2, 0.25) is 0 Å². The Bertz CT molecular complexity index is 1300. The van der Waals surface area contributed by atoms with Gasteiger partial charge in [-0.3, -0.25) is 9.69 Å². The van der Waals surface area contributed by atoms with Gasteiger partial charge in [-0.25, -0.2) is 11.0 Å². The van der Waals surface area contributed by atoms with Gasteiger partial charge in [0.1, 0.15) is 30.0 Å². The van der Waals surface area contributed by atoms with E-state index in [1.165, 1.54) is 12.1 Å². The largest absolute Gasteiger partial charge is 0.496 e. The maximum absolute atomic E-state index is 14.7. The second-order valence-electron chi connectivity index (χ2n) is 10.6. The fraction of sp³-hybridized carbons (Fsp3) is 0.517. The Labute approximate surface area is 234 Å². The first-order chi connectivity index (χ1) is 19.4. The number of amides is 1. The van der Waals surface area contributed by atoms with Gasteiger partial charge in [-0.1, -0.05) is 12.6 Å². The molecule has 40 heavy (non-hydrogen) atoms. The van der Waals surface area contributed by atoms with Crippen LogP contribution in [0.3, 0.4) is 0 Å². The fourth-order valence-corrected chi connectivity index (χ4v) is 5.90. The average Bonchev–Trinajstić information content (AvgIpc) is 3.57. The van der Waals surface area contributed by atoms with Crippen LogP contribution in [-0.4, -0.2) is 96.1 Å². The molecule has 5 rings (SSSR count). The highest BCUT2D eigenvalue weighted by atomic mass is 19.1. The van der Waals surface area contributed by atoms with E-state index in [4.69, 9.17) is 26.0 Å². The third kappa shape index (κ3) is 5.74. The number of methoxy groups -OCH3 is 1. The minimum absolute atomic E-state index is 0.170. The third-order valence-electron chi connectivity index (χ3n) is 8.10. The predicted molar refractivity (Wildman–Crippen MR) is 148 cm³/mol. The number of rotatable bonds is 9. The molecular formula is C29H36FN7O3. The monoisotopic (exact) mass is 549 g/mol. The van der Waals surface area contributed by atoms with Gasteiger partial charge < -0.3 is 29.0 Å². The van der Waals surface area contributed by atoms with E-state index in [0.29, 0.717) is 69.2 Å². The average molecular weight is 550 g/mol. The number of likely N-dealkylation sites (tertiary alicyclic amines) is 1. The number of hydrogen-bond donors (Lipinski definition) is 0. The lowest BCUT2D eigenvalue weighted by atomic mass is 10.1. The number of ether oxygens (including phenoxy) is 2. The summed E-state index contributed by atoms with van der Waals surface area (Å²) in [4.78, 5) is 34.0. The standard InChI is InChI=1S/C29H36FN7O3/c1-5-27(38)37-13-12-36(15-21(37)14-31-2)28-23-17-35(16-22-24(30)9-6-10-26(22)39-4)18-25(23)32-29(33-28)40-19-20-8-7-11-34(20)3/h5-6,9-10,20-21H,1,7-8,11-19H2,3-4H3/t20-,21-/m0/s1. The van der Waals surface area contributed by atoms with Crippen molar-refractivity contribution in [3.63, 3.8) is 0 Å². The minimum Gasteiger partial charge on any atom is -0.496 e. The smallest absolute Gasteiger partial charge is 0.318 e. The Kier molecular flexibility index (Phi) is 8.47. The van der Waals surface area contributed by atoms with Crippen LogP contribution in [0.1, 0.15) is 29.7 Å². The zero-order valence-electron chi connectivity index (χ0n) is 23.2. The molecule has 1 aromatic carbocycles. The van der Waals surface area contributed by atoms with E-state index < -0.39 is 0 Å². The van der Waals surface area contributed by atoms with Gasteiger partial charge in [0.05, 0.1) is 12.8 Å². The highest BCUT2D eigenvalue weighted by Gasteiger charge is 2.36. The second-order valence-corrected chi connectivity index (χ2v) is 10.6. The number of fused-ring (bicyclic) bond motifs is 1. The van der Waals surface area contributed by atoms with Gasteiger partial charge in [0.2, 0.25) is 12.5 Å². The van der Waals surface area contributed by atoms with Crippen LogP contribution < -0.4 is 14.4 Å². The number of likely N-dealkylation sites (N-methyl/N-ethyl adjacent to an activating group) is 1. The van der Waals surface area contributed by atoms with Crippen molar-refractivity contribution in [2.75, 3.05) is 58.4 Å². The summed E-state index contributed by atoms with van der Waals surface area (Å²) in [5.74, 6) is 0.785. The summed E-state index contributed by atoms with van der Waals surface area (Å²) in [6.07, 6.45) is 3.52. The van der Waals surface area contributed by atoms with E-state index in [1.807, 2.05) is 0 Å². The lowest BCUT2D eigenvalue weighted by molar-refractivity contribution is -0.128. The van der Waals surface area contributed by atoms with Crippen LogP contribution in [0, 0.1) is 12.4 Å². The number of carbonyl (C=O) groups is 1. The van der Waals surface area contributed by atoms with Crippen LogP contribution in [-0.2, 0) is 24.4 Å². The van der Waals surface area contributed by atoms with E-state index >= 15 is 0 Å². The molecule has 10 nitrogen and oxygen atoms in total. The molecule has 212 valence electrons. The summed E-state index contributed by atoms with van der Waals surface area (Å²) in [5, 5.41) is 0. The normalized spacial score (nSPS) is 21.2. The number of anilines is 1. The molecule has 3 aliphatic rings. The van der Waals surface area contributed by atoms with Gasteiger partial charge >= 0.3 is 6.01 Å². The number of piperazine rings is 1. The van der Waals surface area contributed by atoms with Crippen molar-refractivity contribution in [2.45, 2.75) is 44.6 Å². The minimum atomic E-state index is -0.309. The molecule has 2 fully saturated rings. The van der Waals surface area contributed by atoms with Crippen LogP contribution in [0.4, 0.5) is 10.2 Å². The maximum Gasteiger partial charge on any atom is 0.318 e. The Morgan fingerprint density at radius 1 is 1.25 bits per heavy atom. The molecule has 0 unspecified atom stereocenters. The van der Waals surface area contributed by atoms with E-state index in [9.17, 15) is 9.18 Å². The summed E-state index contributed by atoms with van der Waals surface area (Å²) >= 11 is 0. The van der Waals surface area contributed by atoms with Crippen LogP contribution in [0.5, 0.6) is 11.8 Å². The molecule has 4 heterocycles. The summed E-state index contributed by atoms with van der Waals surface area (Å²) in [6, 6.07) is 5.22. The first-order valence-electron chi connectivity index (χ1n) is 13.7. The molecule has 0 N–H and O–H groups in total. The molecule has 0 saturated carbocycles. The first kappa shape index (κ1) is 27.8. The van der Waals surface area contributed by atoms with Crippen molar-refractivity contribution in [3.8, 4) is 11.8 Å². The zero-order chi connectivity index (χ0) is 28.2. The van der Waals surface area contributed by atoms with E-state index in [-0.39, 0.29) is 24.3 Å². The molecule has 2 aromatic rings. The van der Waals surface area contributed by atoms with Crippen LogP contribution >= 0.6 is 0 Å². The zero-order valence-corrected chi connectivity index (χ0v) is 23.2. The Hall–Kier alpha value is -3.75. The number of nitrogens with zero attached hydrogens (tertiary/aromatic N) is 7. The summed E-state index contributed by atoms with van der Waals surface area (Å²) in [5.41, 5.74) is 2.31. The Morgan fingerprint density at radius 2 is 2.10 bits per heavy atom. The Morgan fingerprint density at radius 3 is 2.83 bits per heavy atom. The Balaban J connectivity index is 1.42. The highest BCUT2D eigenvalue weighted by molar-refractivity contribution is 5.87. The molecule has 3 aliphatic heterocycles. The molecule has 2 atom stereocenters. The van der Waals surface area contributed by atoms with Gasteiger partial charge in [0.15, 0.2) is 0 Å². The van der Waals surface area contributed by atoms with Crippen molar-refractivity contribution in [2.24, 2.45) is 0 Å². The van der Waals surface area contributed by atoms with Crippen LogP contribution in [0.15, 0.2) is 30.9 Å². The van der Waals surface area contributed by atoms with Crippen molar-refractivity contribution in [1.82, 2.24) is 24.7 Å².